The Balaban J connectivity index is 2.63. The van der Waals surface area contributed by atoms with Crippen molar-refractivity contribution >= 4 is 11.6 Å². The van der Waals surface area contributed by atoms with Gasteiger partial charge in [0.25, 0.3) is 0 Å². The second-order valence-corrected chi connectivity index (χ2v) is 4.78. The van der Waals surface area contributed by atoms with Crippen LogP contribution in [-0.4, -0.2) is 18.6 Å². The molecular weight excluding hydrogens is 240 g/mol. The average Bonchev–Trinajstić information content (AvgIpc) is 2.43. The quantitative estimate of drug-likeness (QED) is 0.796. The number of benzene rings is 1. The summed E-state index contributed by atoms with van der Waals surface area (Å²) in [6, 6.07) is 6.90. The van der Waals surface area contributed by atoms with Crippen molar-refractivity contribution in [2.45, 2.75) is 39.7 Å². The van der Waals surface area contributed by atoms with Crippen LogP contribution in [0.5, 0.6) is 5.75 Å². The minimum Gasteiger partial charge on any atom is -0.494 e. The molecule has 0 spiro atoms. The number of anilines is 1. The maximum absolute atomic E-state index is 12.0. The van der Waals surface area contributed by atoms with E-state index in [9.17, 15) is 4.79 Å². The van der Waals surface area contributed by atoms with Crippen molar-refractivity contribution < 1.29 is 9.53 Å². The monoisotopic (exact) mass is 264 g/mol. The molecule has 0 aliphatic rings. The van der Waals surface area contributed by atoms with Crippen molar-refractivity contribution in [1.82, 2.24) is 0 Å². The van der Waals surface area contributed by atoms with E-state index in [1.807, 2.05) is 38.1 Å². The summed E-state index contributed by atoms with van der Waals surface area (Å²) in [5.74, 6) is 0.776. The summed E-state index contributed by atoms with van der Waals surface area (Å²) in [5, 5.41) is 2.83. The van der Waals surface area contributed by atoms with Crippen LogP contribution in [0, 0.1) is 5.92 Å². The Labute approximate surface area is 115 Å². The first kappa shape index (κ1) is 15.5. The van der Waals surface area contributed by atoms with Gasteiger partial charge in [0.2, 0.25) is 5.91 Å². The van der Waals surface area contributed by atoms with Crippen LogP contribution >= 0.6 is 0 Å². The second kappa shape index (κ2) is 7.79. The van der Waals surface area contributed by atoms with E-state index < -0.39 is 6.04 Å². The normalized spacial score (nSPS) is 13.7. The third-order valence-electron chi connectivity index (χ3n) is 3.13. The molecule has 106 valence electrons. The number of rotatable bonds is 7. The molecule has 0 aromatic heterocycles. The molecule has 1 aromatic carbocycles. The van der Waals surface area contributed by atoms with Gasteiger partial charge in [-0.1, -0.05) is 33.3 Å². The van der Waals surface area contributed by atoms with E-state index in [-0.39, 0.29) is 11.8 Å². The predicted molar refractivity (Wildman–Crippen MR) is 78.3 cm³/mol. The SMILES string of the molecule is CCCOc1cccc(NC(=O)C(N)C(C)CC)c1. The lowest BCUT2D eigenvalue weighted by atomic mass is 9.99. The van der Waals surface area contributed by atoms with Crippen LogP contribution < -0.4 is 15.8 Å². The summed E-state index contributed by atoms with van der Waals surface area (Å²) in [6.07, 6.45) is 1.84. The topological polar surface area (TPSA) is 64.3 Å². The summed E-state index contributed by atoms with van der Waals surface area (Å²) < 4.78 is 5.52. The van der Waals surface area contributed by atoms with Gasteiger partial charge >= 0.3 is 0 Å². The van der Waals surface area contributed by atoms with Gasteiger partial charge in [0.05, 0.1) is 12.6 Å². The van der Waals surface area contributed by atoms with Crippen molar-refractivity contribution in [3.05, 3.63) is 24.3 Å². The summed E-state index contributed by atoms with van der Waals surface area (Å²) in [6.45, 7) is 6.72. The van der Waals surface area contributed by atoms with E-state index in [1.165, 1.54) is 0 Å². The Morgan fingerprint density at radius 2 is 2.16 bits per heavy atom. The standard InChI is InChI=1S/C15H24N2O2/c1-4-9-19-13-8-6-7-12(10-13)17-15(18)14(16)11(3)5-2/h6-8,10-11,14H,4-5,9,16H2,1-3H3,(H,17,18). The van der Waals surface area contributed by atoms with Gasteiger partial charge in [-0.25, -0.2) is 0 Å². The largest absolute Gasteiger partial charge is 0.494 e. The molecule has 0 aliphatic heterocycles. The maximum atomic E-state index is 12.0. The molecule has 0 aliphatic carbocycles. The number of hydrogen-bond donors (Lipinski definition) is 2. The van der Waals surface area contributed by atoms with Crippen LogP contribution in [0.4, 0.5) is 5.69 Å². The molecular formula is C15H24N2O2. The Morgan fingerprint density at radius 1 is 1.42 bits per heavy atom. The molecule has 3 N–H and O–H groups in total. The average molecular weight is 264 g/mol. The number of carbonyl (C=O) groups excluding carboxylic acids is 1. The van der Waals surface area contributed by atoms with Gasteiger partial charge < -0.3 is 15.8 Å². The molecule has 0 fully saturated rings. The zero-order valence-electron chi connectivity index (χ0n) is 12.0. The van der Waals surface area contributed by atoms with Crippen molar-refractivity contribution in [2.24, 2.45) is 11.7 Å². The van der Waals surface area contributed by atoms with E-state index in [1.54, 1.807) is 0 Å². The van der Waals surface area contributed by atoms with E-state index in [2.05, 4.69) is 12.2 Å². The Morgan fingerprint density at radius 3 is 2.79 bits per heavy atom. The van der Waals surface area contributed by atoms with Crippen molar-refractivity contribution in [3.8, 4) is 5.75 Å². The minimum atomic E-state index is -0.481. The summed E-state index contributed by atoms with van der Waals surface area (Å²) in [4.78, 5) is 12.0. The Bertz CT molecular complexity index is 407. The fourth-order valence-electron chi connectivity index (χ4n) is 1.62. The fraction of sp³-hybridized carbons (Fsp3) is 0.533. The first-order valence-corrected chi connectivity index (χ1v) is 6.87. The molecule has 0 heterocycles. The van der Waals surface area contributed by atoms with Gasteiger partial charge in [0.1, 0.15) is 5.75 Å². The highest BCUT2D eigenvalue weighted by Crippen LogP contribution is 2.18. The second-order valence-electron chi connectivity index (χ2n) is 4.78. The van der Waals surface area contributed by atoms with Crippen molar-refractivity contribution in [1.29, 1.82) is 0 Å². The van der Waals surface area contributed by atoms with Gasteiger partial charge in [-0.15, -0.1) is 0 Å². The maximum Gasteiger partial charge on any atom is 0.241 e. The first-order valence-electron chi connectivity index (χ1n) is 6.87. The molecule has 1 aromatic rings. The molecule has 2 unspecified atom stereocenters. The van der Waals surface area contributed by atoms with Gasteiger partial charge in [0, 0.05) is 11.8 Å². The van der Waals surface area contributed by atoms with Crippen molar-refractivity contribution in [2.75, 3.05) is 11.9 Å². The predicted octanol–water partition coefficient (Wildman–Crippen LogP) is 2.79. The van der Waals surface area contributed by atoms with Gasteiger partial charge in [-0.2, -0.15) is 0 Å². The lowest BCUT2D eigenvalue weighted by Crippen LogP contribution is -2.40. The van der Waals surface area contributed by atoms with Gasteiger partial charge in [-0.05, 0) is 24.5 Å². The summed E-state index contributed by atoms with van der Waals surface area (Å²) >= 11 is 0. The van der Waals surface area contributed by atoms with Crippen LogP contribution in [0.3, 0.4) is 0 Å². The third-order valence-corrected chi connectivity index (χ3v) is 3.13. The zero-order valence-corrected chi connectivity index (χ0v) is 12.0. The highest BCUT2D eigenvalue weighted by molar-refractivity contribution is 5.95. The molecule has 19 heavy (non-hydrogen) atoms. The number of carbonyl (C=O) groups is 1. The zero-order chi connectivity index (χ0) is 14.3. The molecule has 4 nitrogen and oxygen atoms in total. The summed E-state index contributed by atoms with van der Waals surface area (Å²) in [5.41, 5.74) is 6.61. The highest BCUT2D eigenvalue weighted by atomic mass is 16.5. The number of nitrogens with one attached hydrogen (secondary N) is 1. The van der Waals surface area contributed by atoms with E-state index in [4.69, 9.17) is 10.5 Å². The van der Waals surface area contributed by atoms with Gasteiger partial charge in [0.15, 0.2) is 0 Å². The number of amides is 1. The Hall–Kier alpha value is -1.55. The van der Waals surface area contributed by atoms with Gasteiger partial charge in [-0.3, -0.25) is 4.79 Å². The summed E-state index contributed by atoms with van der Waals surface area (Å²) in [7, 11) is 0. The lowest BCUT2D eigenvalue weighted by molar-refractivity contribution is -0.118. The smallest absolute Gasteiger partial charge is 0.241 e. The van der Waals surface area contributed by atoms with Crippen LogP contribution in [0.25, 0.3) is 0 Å². The van der Waals surface area contributed by atoms with Crippen LogP contribution in [0.1, 0.15) is 33.6 Å². The number of hydrogen-bond acceptors (Lipinski definition) is 3. The lowest BCUT2D eigenvalue weighted by Gasteiger charge is -2.18. The highest BCUT2D eigenvalue weighted by Gasteiger charge is 2.19. The first-order chi connectivity index (χ1) is 9.08. The van der Waals surface area contributed by atoms with Crippen LogP contribution in [0.2, 0.25) is 0 Å². The minimum absolute atomic E-state index is 0.151. The molecule has 1 rings (SSSR count). The van der Waals surface area contributed by atoms with E-state index in [0.717, 1.165) is 24.3 Å². The molecule has 0 bridgehead atoms. The number of nitrogens with two attached hydrogens (primary N) is 1. The van der Waals surface area contributed by atoms with Crippen molar-refractivity contribution in [3.63, 3.8) is 0 Å². The molecule has 0 radical (unpaired) electrons. The third kappa shape index (κ3) is 4.91. The molecule has 1 amide bonds. The van der Waals surface area contributed by atoms with Crippen LogP contribution in [0.15, 0.2) is 24.3 Å². The molecule has 4 heteroatoms. The Kier molecular flexibility index (Phi) is 6.36. The molecule has 2 atom stereocenters. The van der Waals surface area contributed by atoms with Crippen LogP contribution in [-0.2, 0) is 4.79 Å². The fourth-order valence-corrected chi connectivity index (χ4v) is 1.62. The molecule has 0 saturated heterocycles. The number of ether oxygens (including phenoxy) is 1. The molecule has 0 saturated carbocycles. The van der Waals surface area contributed by atoms with E-state index in [0.29, 0.717) is 6.61 Å². The van der Waals surface area contributed by atoms with E-state index >= 15 is 0 Å².